The number of halogens is 2. The molecule has 0 radical (unpaired) electrons. The van der Waals surface area contributed by atoms with Crippen LogP contribution in [0.25, 0.3) is 0 Å². The van der Waals surface area contributed by atoms with Crippen LogP contribution in [0.15, 0.2) is 39.3 Å². The topological polar surface area (TPSA) is 72.5 Å². The fourth-order valence-electron chi connectivity index (χ4n) is 2.08. The zero-order chi connectivity index (χ0) is 17.0. The lowest BCUT2D eigenvalue weighted by Gasteiger charge is -2.13. The lowest BCUT2D eigenvalue weighted by molar-refractivity contribution is -0.136. The molecule has 2 aromatic carbocycles. The van der Waals surface area contributed by atoms with Crippen LogP contribution in [0.4, 0.5) is 5.69 Å². The van der Waals surface area contributed by atoms with Crippen LogP contribution in [-0.4, -0.2) is 11.1 Å². The molecule has 2 rings (SSSR count). The van der Waals surface area contributed by atoms with E-state index in [2.05, 4.69) is 31.9 Å². The van der Waals surface area contributed by atoms with Crippen LogP contribution in [0.3, 0.4) is 0 Å². The summed E-state index contributed by atoms with van der Waals surface area (Å²) in [6, 6.07) is 9.61. The molecule has 0 heterocycles. The van der Waals surface area contributed by atoms with Crippen molar-refractivity contribution in [3.05, 3.63) is 56.0 Å². The van der Waals surface area contributed by atoms with Gasteiger partial charge in [-0.05, 0) is 80.1 Å². The number of anilines is 1. The first-order valence-corrected chi connectivity index (χ1v) is 8.63. The summed E-state index contributed by atoms with van der Waals surface area (Å²) in [5.74, 6) is -0.127. The first-order valence-electron chi connectivity index (χ1n) is 7.04. The molecule has 3 N–H and O–H groups in total. The number of aliphatic carboxylic acids is 1. The molecule has 0 saturated heterocycles. The molecule has 122 valence electrons. The minimum absolute atomic E-state index is 0.0989. The summed E-state index contributed by atoms with van der Waals surface area (Å²) in [5.41, 5.74) is 9.61. The van der Waals surface area contributed by atoms with Crippen molar-refractivity contribution in [3.8, 4) is 5.75 Å². The number of nitrogen functional groups attached to an aromatic ring is 1. The highest BCUT2D eigenvalue weighted by atomic mass is 79.9. The Hall–Kier alpha value is -1.53. The molecular formula is C17H17Br2NO3. The van der Waals surface area contributed by atoms with Crippen LogP contribution in [0, 0.1) is 6.92 Å². The van der Waals surface area contributed by atoms with Gasteiger partial charge in [-0.2, -0.15) is 0 Å². The largest absolute Gasteiger partial charge is 0.487 e. The van der Waals surface area contributed by atoms with E-state index >= 15 is 0 Å². The highest BCUT2D eigenvalue weighted by Gasteiger charge is 2.11. The summed E-state index contributed by atoms with van der Waals surface area (Å²) in [6.07, 6.45) is 0.572. The normalized spacial score (nSPS) is 10.6. The van der Waals surface area contributed by atoms with Gasteiger partial charge in [-0.3, -0.25) is 4.79 Å². The zero-order valence-corrected chi connectivity index (χ0v) is 15.8. The molecule has 0 atom stereocenters. The Kier molecular flexibility index (Phi) is 6.07. The van der Waals surface area contributed by atoms with Gasteiger partial charge in [-0.15, -0.1) is 0 Å². The number of carbonyl (C=O) groups is 1. The van der Waals surface area contributed by atoms with Crippen molar-refractivity contribution in [2.45, 2.75) is 26.4 Å². The quantitative estimate of drug-likeness (QED) is 0.636. The van der Waals surface area contributed by atoms with Gasteiger partial charge in [0, 0.05) is 12.1 Å². The van der Waals surface area contributed by atoms with Crippen molar-refractivity contribution >= 4 is 43.5 Å². The van der Waals surface area contributed by atoms with Gasteiger partial charge in [0.25, 0.3) is 0 Å². The molecule has 0 aromatic heterocycles. The molecule has 0 spiro atoms. The van der Waals surface area contributed by atoms with E-state index in [0.29, 0.717) is 18.8 Å². The molecule has 6 heteroatoms. The van der Waals surface area contributed by atoms with E-state index < -0.39 is 5.97 Å². The van der Waals surface area contributed by atoms with E-state index in [-0.39, 0.29) is 6.42 Å². The van der Waals surface area contributed by atoms with E-state index in [0.717, 1.165) is 31.3 Å². The van der Waals surface area contributed by atoms with Crippen LogP contribution in [0.2, 0.25) is 0 Å². The zero-order valence-electron chi connectivity index (χ0n) is 12.6. The maximum atomic E-state index is 10.7. The molecule has 0 aliphatic rings. The fourth-order valence-corrected chi connectivity index (χ4v) is 3.59. The molecule has 2 aromatic rings. The standard InChI is InChI=1S/C17H17Br2NO3/c1-10-2-3-12(8-15(10)20)9-23-17-13(18)6-11(7-14(17)19)4-5-16(21)22/h2-3,6-8H,4-5,9,20H2,1H3,(H,21,22). The number of hydrogen-bond acceptors (Lipinski definition) is 3. The number of carboxylic acids is 1. The van der Waals surface area contributed by atoms with Crippen LogP contribution in [0.1, 0.15) is 23.1 Å². The summed E-state index contributed by atoms with van der Waals surface area (Å²) in [4.78, 5) is 10.7. The monoisotopic (exact) mass is 441 g/mol. The Bertz CT molecular complexity index is 709. The lowest BCUT2D eigenvalue weighted by Crippen LogP contribution is -2.01. The highest BCUT2D eigenvalue weighted by molar-refractivity contribution is 9.11. The second-order valence-electron chi connectivity index (χ2n) is 5.26. The van der Waals surface area contributed by atoms with Crippen LogP contribution in [0.5, 0.6) is 5.75 Å². The third-order valence-corrected chi connectivity index (χ3v) is 4.59. The summed E-state index contributed by atoms with van der Waals surface area (Å²) in [7, 11) is 0. The second kappa shape index (κ2) is 7.84. The van der Waals surface area contributed by atoms with Crippen molar-refractivity contribution in [2.75, 3.05) is 5.73 Å². The van der Waals surface area contributed by atoms with E-state index in [1.807, 2.05) is 37.3 Å². The van der Waals surface area contributed by atoms with Gasteiger partial charge in [0.05, 0.1) is 8.95 Å². The van der Waals surface area contributed by atoms with Crippen molar-refractivity contribution in [2.24, 2.45) is 0 Å². The number of aryl methyl sites for hydroxylation is 2. The molecule has 23 heavy (non-hydrogen) atoms. The van der Waals surface area contributed by atoms with Gasteiger partial charge in [-0.1, -0.05) is 12.1 Å². The Morgan fingerprint density at radius 1 is 1.17 bits per heavy atom. The summed E-state index contributed by atoms with van der Waals surface area (Å²) < 4.78 is 7.43. The van der Waals surface area contributed by atoms with E-state index in [4.69, 9.17) is 15.6 Å². The lowest BCUT2D eigenvalue weighted by atomic mass is 10.1. The number of ether oxygens (including phenoxy) is 1. The van der Waals surface area contributed by atoms with Crippen LogP contribution < -0.4 is 10.5 Å². The third-order valence-electron chi connectivity index (χ3n) is 3.41. The van der Waals surface area contributed by atoms with E-state index in [9.17, 15) is 4.79 Å². The predicted molar refractivity (Wildman–Crippen MR) is 97.7 cm³/mol. The Morgan fingerprint density at radius 2 is 1.83 bits per heavy atom. The highest BCUT2D eigenvalue weighted by Crippen LogP contribution is 2.35. The number of carboxylic acid groups (broad SMARTS) is 1. The average molecular weight is 443 g/mol. The predicted octanol–water partition coefficient (Wildman–Crippen LogP) is 4.70. The van der Waals surface area contributed by atoms with Crippen molar-refractivity contribution < 1.29 is 14.6 Å². The smallest absolute Gasteiger partial charge is 0.303 e. The first-order chi connectivity index (χ1) is 10.9. The molecule has 0 bridgehead atoms. The molecule has 4 nitrogen and oxygen atoms in total. The fraction of sp³-hybridized carbons (Fsp3) is 0.235. The van der Waals surface area contributed by atoms with Crippen LogP contribution in [-0.2, 0) is 17.8 Å². The maximum Gasteiger partial charge on any atom is 0.303 e. The summed E-state index contributed by atoms with van der Waals surface area (Å²) >= 11 is 6.96. The van der Waals surface area contributed by atoms with Gasteiger partial charge in [0.15, 0.2) is 0 Å². The average Bonchev–Trinajstić information content (AvgIpc) is 2.48. The molecule has 0 aliphatic heterocycles. The second-order valence-corrected chi connectivity index (χ2v) is 6.97. The molecule has 0 amide bonds. The molecule has 0 fully saturated rings. The van der Waals surface area contributed by atoms with Gasteiger partial charge in [-0.25, -0.2) is 0 Å². The number of nitrogens with two attached hydrogens (primary N) is 1. The number of hydrogen-bond donors (Lipinski definition) is 2. The van der Waals surface area contributed by atoms with Crippen molar-refractivity contribution in [3.63, 3.8) is 0 Å². The van der Waals surface area contributed by atoms with Gasteiger partial charge in [0.1, 0.15) is 12.4 Å². The molecule has 0 unspecified atom stereocenters. The van der Waals surface area contributed by atoms with E-state index in [1.54, 1.807) is 0 Å². The van der Waals surface area contributed by atoms with Gasteiger partial charge < -0.3 is 15.6 Å². The maximum absolute atomic E-state index is 10.7. The minimum atomic E-state index is -0.811. The third kappa shape index (κ3) is 4.97. The van der Waals surface area contributed by atoms with Gasteiger partial charge >= 0.3 is 5.97 Å². The molecule has 0 saturated carbocycles. The Labute approximate surface area is 151 Å². The van der Waals surface area contributed by atoms with Crippen LogP contribution >= 0.6 is 31.9 Å². The molecule has 0 aliphatic carbocycles. The van der Waals surface area contributed by atoms with Crippen molar-refractivity contribution in [1.82, 2.24) is 0 Å². The SMILES string of the molecule is Cc1ccc(COc2c(Br)cc(CCC(=O)O)cc2Br)cc1N. The number of benzene rings is 2. The summed E-state index contributed by atoms with van der Waals surface area (Å²) in [6.45, 7) is 2.36. The molecular weight excluding hydrogens is 426 g/mol. The summed E-state index contributed by atoms with van der Waals surface area (Å²) in [5, 5.41) is 8.76. The number of rotatable bonds is 6. The Balaban J connectivity index is 2.10. The minimum Gasteiger partial charge on any atom is -0.487 e. The van der Waals surface area contributed by atoms with Gasteiger partial charge in [0.2, 0.25) is 0 Å². The Morgan fingerprint density at radius 3 is 2.39 bits per heavy atom. The first kappa shape index (κ1) is 17.8. The van der Waals surface area contributed by atoms with Crippen molar-refractivity contribution in [1.29, 1.82) is 0 Å². The van der Waals surface area contributed by atoms with E-state index in [1.165, 1.54) is 0 Å².